The predicted octanol–water partition coefficient (Wildman–Crippen LogP) is 5.07. The van der Waals surface area contributed by atoms with Gasteiger partial charge >= 0.3 is 0 Å². The third kappa shape index (κ3) is 3.36. The second-order valence-electron chi connectivity index (χ2n) is 7.73. The summed E-state index contributed by atoms with van der Waals surface area (Å²) >= 11 is 0. The molecule has 34 heavy (non-hydrogen) atoms. The SMILES string of the molecule is COc1cccc2cc(C(=O)C3=C(O)C(=O)N(c4ccc(F)cc4)C3c3cccc(O)c3)oc12. The fourth-order valence-electron chi connectivity index (χ4n) is 4.16. The van der Waals surface area contributed by atoms with E-state index >= 15 is 0 Å². The Balaban J connectivity index is 1.67. The number of hydrogen-bond donors (Lipinski definition) is 2. The second-order valence-corrected chi connectivity index (χ2v) is 7.73. The number of ether oxygens (including phenoxy) is 1. The number of aliphatic hydroxyl groups excluding tert-OH is 1. The summed E-state index contributed by atoms with van der Waals surface area (Å²) in [6.45, 7) is 0. The highest BCUT2D eigenvalue weighted by Crippen LogP contribution is 2.43. The molecule has 1 unspecified atom stereocenters. The third-order valence-electron chi connectivity index (χ3n) is 5.70. The molecule has 0 bridgehead atoms. The van der Waals surface area contributed by atoms with E-state index in [0.717, 1.165) is 0 Å². The van der Waals surface area contributed by atoms with Crippen LogP contribution in [0.5, 0.6) is 11.5 Å². The van der Waals surface area contributed by atoms with Crippen molar-refractivity contribution < 1.29 is 33.3 Å². The van der Waals surface area contributed by atoms with E-state index in [1.807, 2.05) is 0 Å². The summed E-state index contributed by atoms with van der Waals surface area (Å²) in [4.78, 5) is 27.9. The number of anilines is 1. The molecule has 1 aromatic heterocycles. The van der Waals surface area contributed by atoms with E-state index in [4.69, 9.17) is 9.15 Å². The van der Waals surface area contributed by atoms with Crippen LogP contribution < -0.4 is 9.64 Å². The molecule has 2 N–H and O–H groups in total. The molecule has 0 fully saturated rings. The zero-order valence-electron chi connectivity index (χ0n) is 17.9. The van der Waals surface area contributed by atoms with Gasteiger partial charge < -0.3 is 19.4 Å². The van der Waals surface area contributed by atoms with Crippen LogP contribution in [0.1, 0.15) is 22.2 Å². The molecule has 0 saturated heterocycles. The summed E-state index contributed by atoms with van der Waals surface area (Å²) in [6.07, 6.45) is 0. The summed E-state index contributed by atoms with van der Waals surface area (Å²) in [5, 5.41) is 21.5. The van der Waals surface area contributed by atoms with Crippen LogP contribution in [0.15, 0.2) is 88.5 Å². The minimum atomic E-state index is -1.09. The highest BCUT2D eigenvalue weighted by Gasteiger charge is 2.45. The van der Waals surface area contributed by atoms with E-state index in [2.05, 4.69) is 0 Å². The van der Waals surface area contributed by atoms with Crippen molar-refractivity contribution in [3.8, 4) is 11.5 Å². The maximum atomic E-state index is 13.6. The first-order valence-electron chi connectivity index (χ1n) is 10.3. The minimum Gasteiger partial charge on any atom is -0.508 e. The Labute approximate surface area is 192 Å². The number of aromatic hydroxyl groups is 1. The lowest BCUT2D eigenvalue weighted by atomic mass is 9.94. The molecule has 7 nitrogen and oxygen atoms in total. The Kier molecular flexibility index (Phi) is 5.05. The summed E-state index contributed by atoms with van der Waals surface area (Å²) in [5.41, 5.74) is 0.763. The van der Waals surface area contributed by atoms with Gasteiger partial charge in [0.25, 0.3) is 5.91 Å². The standard InChI is InChI=1S/C26H18FNO6/c1-33-19-7-3-5-15-13-20(34-25(15)19)23(30)21-22(14-4-2-6-18(29)12-14)28(26(32)24(21)31)17-10-8-16(27)9-11-17/h2-13,22,29,31H,1H3. The Hall–Kier alpha value is -4.59. The average molecular weight is 459 g/mol. The molecule has 1 atom stereocenters. The first-order valence-corrected chi connectivity index (χ1v) is 10.3. The molecule has 4 aromatic rings. The van der Waals surface area contributed by atoms with Crippen LogP contribution in [-0.2, 0) is 4.79 Å². The number of furan rings is 1. The number of ketones is 1. The van der Waals surface area contributed by atoms with Gasteiger partial charge in [0.2, 0.25) is 5.78 Å². The number of amides is 1. The van der Waals surface area contributed by atoms with Crippen LogP contribution >= 0.6 is 0 Å². The molecule has 8 heteroatoms. The zero-order valence-corrected chi connectivity index (χ0v) is 17.9. The van der Waals surface area contributed by atoms with Crippen molar-refractivity contribution in [3.63, 3.8) is 0 Å². The van der Waals surface area contributed by atoms with Crippen LogP contribution in [-0.4, -0.2) is 29.0 Å². The molecule has 0 saturated carbocycles. The number of carbonyl (C=O) groups excluding carboxylic acids is 2. The van der Waals surface area contributed by atoms with E-state index in [-0.39, 0.29) is 22.8 Å². The van der Waals surface area contributed by atoms with Crippen molar-refractivity contribution in [1.29, 1.82) is 0 Å². The smallest absolute Gasteiger partial charge is 0.294 e. The largest absolute Gasteiger partial charge is 0.508 e. The third-order valence-corrected chi connectivity index (χ3v) is 5.70. The van der Waals surface area contributed by atoms with Crippen molar-refractivity contribution in [2.24, 2.45) is 0 Å². The number of aliphatic hydroxyl groups is 1. The van der Waals surface area contributed by atoms with E-state index in [1.165, 1.54) is 54.5 Å². The molecule has 0 spiro atoms. The van der Waals surface area contributed by atoms with Crippen LogP contribution in [0, 0.1) is 5.82 Å². The molecular weight excluding hydrogens is 441 g/mol. The maximum Gasteiger partial charge on any atom is 0.294 e. The number of phenolic OH excluding ortho intramolecular Hbond substituents is 1. The lowest BCUT2D eigenvalue weighted by Gasteiger charge is -2.26. The highest BCUT2D eigenvalue weighted by atomic mass is 19.1. The van der Waals surface area contributed by atoms with Gasteiger partial charge in [-0.2, -0.15) is 0 Å². The molecular formula is C26H18FNO6. The Bertz CT molecular complexity index is 1470. The number of halogens is 1. The van der Waals surface area contributed by atoms with Gasteiger partial charge in [-0.15, -0.1) is 0 Å². The molecule has 3 aromatic carbocycles. The van der Waals surface area contributed by atoms with Crippen LogP contribution in [0.2, 0.25) is 0 Å². The van der Waals surface area contributed by atoms with Crippen molar-refractivity contribution in [2.45, 2.75) is 6.04 Å². The van der Waals surface area contributed by atoms with E-state index in [9.17, 15) is 24.2 Å². The second kappa shape index (κ2) is 8.08. The summed E-state index contributed by atoms with van der Waals surface area (Å²) < 4.78 is 24.6. The topological polar surface area (TPSA) is 100 Å². The van der Waals surface area contributed by atoms with Gasteiger partial charge in [0.15, 0.2) is 22.9 Å². The number of carbonyl (C=O) groups is 2. The van der Waals surface area contributed by atoms with Crippen molar-refractivity contribution >= 4 is 28.3 Å². The van der Waals surface area contributed by atoms with Gasteiger partial charge in [0.1, 0.15) is 11.6 Å². The average Bonchev–Trinajstić information content (AvgIpc) is 3.39. The number of rotatable bonds is 5. The number of Topliss-reactive ketones (excluding diaryl/α,β-unsaturated/α-hetero) is 1. The normalized spacial score (nSPS) is 15.9. The molecule has 0 aliphatic carbocycles. The summed E-state index contributed by atoms with van der Waals surface area (Å²) in [5.74, 6) is -2.56. The maximum absolute atomic E-state index is 13.6. The summed E-state index contributed by atoms with van der Waals surface area (Å²) in [6, 6.07) is 16.7. The monoisotopic (exact) mass is 459 g/mol. The highest BCUT2D eigenvalue weighted by molar-refractivity contribution is 6.20. The van der Waals surface area contributed by atoms with Gasteiger partial charge in [0.05, 0.1) is 18.7 Å². The lowest BCUT2D eigenvalue weighted by molar-refractivity contribution is -0.117. The first kappa shape index (κ1) is 21.3. The molecule has 2 heterocycles. The van der Waals surface area contributed by atoms with Gasteiger partial charge in [0, 0.05) is 11.1 Å². The first-order chi connectivity index (χ1) is 16.4. The fourth-order valence-corrected chi connectivity index (χ4v) is 4.16. The van der Waals surface area contributed by atoms with Gasteiger partial charge in [-0.3, -0.25) is 14.5 Å². The summed E-state index contributed by atoms with van der Waals surface area (Å²) in [7, 11) is 1.47. The molecule has 1 amide bonds. The van der Waals surface area contributed by atoms with E-state index in [1.54, 1.807) is 30.3 Å². The number of fused-ring (bicyclic) bond motifs is 1. The van der Waals surface area contributed by atoms with Gasteiger partial charge in [-0.1, -0.05) is 24.3 Å². The van der Waals surface area contributed by atoms with E-state index < -0.39 is 29.3 Å². The predicted molar refractivity (Wildman–Crippen MR) is 121 cm³/mol. The fraction of sp³-hybridized carbons (Fsp3) is 0.0769. The molecule has 170 valence electrons. The number of nitrogens with zero attached hydrogens (tertiary/aromatic N) is 1. The number of phenols is 1. The Morgan fingerprint density at radius 1 is 1.03 bits per heavy atom. The van der Waals surface area contributed by atoms with Gasteiger partial charge in [-0.25, -0.2) is 4.39 Å². The number of para-hydroxylation sites is 1. The number of benzene rings is 3. The number of hydrogen-bond acceptors (Lipinski definition) is 6. The van der Waals surface area contributed by atoms with Crippen LogP contribution in [0.25, 0.3) is 11.0 Å². The van der Waals surface area contributed by atoms with Crippen molar-refractivity contribution in [1.82, 2.24) is 0 Å². The number of methoxy groups -OCH3 is 1. The van der Waals surface area contributed by atoms with Gasteiger partial charge in [-0.05, 0) is 54.1 Å². The Morgan fingerprint density at radius 3 is 2.47 bits per heavy atom. The van der Waals surface area contributed by atoms with Crippen molar-refractivity contribution in [2.75, 3.05) is 12.0 Å². The lowest BCUT2D eigenvalue weighted by Crippen LogP contribution is -2.31. The Morgan fingerprint density at radius 2 is 1.76 bits per heavy atom. The zero-order chi connectivity index (χ0) is 24.0. The molecule has 5 rings (SSSR count). The van der Waals surface area contributed by atoms with Crippen LogP contribution in [0.3, 0.4) is 0 Å². The van der Waals surface area contributed by atoms with E-state index in [0.29, 0.717) is 22.3 Å². The molecule has 1 aliphatic heterocycles. The van der Waals surface area contributed by atoms with Crippen LogP contribution in [0.4, 0.5) is 10.1 Å². The molecule has 1 aliphatic rings. The quantitative estimate of drug-likeness (QED) is 0.404. The molecule has 0 radical (unpaired) electrons. The van der Waals surface area contributed by atoms with Crippen molar-refractivity contribution in [3.05, 3.63) is 101 Å². The minimum absolute atomic E-state index is 0.0873.